The van der Waals surface area contributed by atoms with E-state index in [-0.39, 0.29) is 12.1 Å². The maximum Gasteiger partial charge on any atom is 0.315 e. The fourth-order valence-electron chi connectivity index (χ4n) is 2.12. The van der Waals surface area contributed by atoms with Crippen molar-refractivity contribution in [3.05, 3.63) is 39.8 Å². The van der Waals surface area contributed by atoms with Crippen molar-refractivity contribution in [1.29, 1.82) is 0 Å². The number of carbonyl (C=O) groups excluding carboxylic acids is 1. The van der Waals surface area contributed by atoms with Crippen LogP contribution < -0.4 is 10.6 Å². The molecule has 0 saturated heterocycles. The second-order valence-electron chi connectivity index (χ2n) is 4.79. The molecule has 2 heterocycles. The largest absolute Gasteiger partial charge is 0.338 e. The number of hydrogen-bond donors (Lipinski definition) is 2. The molecule has 0 aliphatic rings. The smallest absolute Gasteiger partial charge is 0.315 e. The van der Waals surface area contributed by atoms with Crippen LogP contribution in [0.15, 0.2) is 23.7 Å². The Morgan fingerprint density at radius 1 is 1.55 bits per heavy atom. The zero-order valence-electron chi connectivity index (χ0n) is 12.0. The lowest BCUT2D eigenvalue weighted by Crippen LogP contribution is -2.38. The normalized spacial score (nSPS) is 12.2. The van der Waals surface area contributed by atoms with Crippen molar-refractivity contribution in [2.45, 2.75) is 26.3 Å². The average molecular weight is 292 g/mol. The molecule has 0 radical (unpaired) electrons. The maximum atomic E-state index is 11.8. The van der Waals surface area contributed by atoms with Gasteiger partial charge in [0.1, 0.15) is 0 Å². The van der Waals surface area contributed by atoms with Gasteiger partial charge < -0.3 is 10.6 Å². The molecule has 20 heavy (non-hydrogen) atoms. The van der Waals surface area contributed by atoms with Gasteiger partial charge >= 0.3 is 6.03 Å². The van der Waals surface area contributed by atoms with Crippen molar-refractivity contribution in [2.75, 3.05) is 6.54 Å². The monoisotopic (exact) mass is 292 g/mol. The molecule has 2 aromatic heterocycles. The lowest BCUT2D eigenvalue weighted by atomic mass is 10.1. The molecule has 1 unspecified atom stereocenters. The van der Waals surface area contributed by atoms with E-state index in [2.05, 4.69) is 21.8 Å². The molecule has 2 amide bonds. The molecular weight excluding hydrogens is 272 g/mol. The molecule has 0 saturated carbocycles. The van der Waals surface area contributed by atoms with E-state index in [0.29, 0.717) is 6.54 Å². The Morgan fingerprint density at radius 3 is 2.95 bits per heavy atom. The molecule has 2 aromatic rings. The minimum Gasteiger partial charge on any atom is -0.338 e. The highest BCUT2D eigenvalue weighted by Crippen LogP contribution is 2.15. The van der Waals surface area contributed by atoms with Gasteiger partial charge in [0.25, 0.3) is 0 Å². The molecule has 0 spiro atoms. The van der Waals surface area contributed by atoms with Crippen molar-refractivity contribution in [2.24, 2.45) is 7.05 Å². The third-order valence-corrected chi connectivity index (χ3v) is 4.04. The first-order valence-electron chi connectivity index (χ1n) is 6.63. The molecule has 0 bridgehead atoms. The number of rotatable bonds is 5. The van der Waals surface area contributed by atoms with Crippen LogP contribution in [0.4, 0.5) is 4.79 Å². The molecule has 1 atom stereocenters. The summed E-state index contributed by atoms with van der Waals surface area (Å²) in [5, 5.41) is 12.1. The van der Waals surface area contributed by atoms with Gasteiger partial charge in [-0.15, -0.1) is 11.3 Å². The number of thiophene rings is 1. The van der Waals surface area contributed by atoms with Gasteiger partial charge in [-0.1, -0.05) is 6.07 Å². The van der Waals surface area contributed by atoms with Crippen LogP contribution in [0.25, 0.3) is 0 Å². The van der Waals surface area contributed by atoms with Crippen LogP contribution >= 0.6 is 11.3 Å². The second kappa shape index (κ2) is 6.56. The van der Waals surface area contributed by atoms with E-state index < -0.39 is 0 Å². The Balaban J connectivity index is 1.77. The number of aryl methyl sites for hydroxylation is 2. The molecular formula is C14H20N4OS. The van der Waals surface area contributed by atoms with Gasteiger partial charge in [-0.2, -0.15) is 5.10 Å². The van der Waals surface area contributed by atoms with Gasteiger partial charge in [0.15, 0.2) is 0 Å². The summed E-state index contributed by atoms with van der Waals surface area (Å²) in [5.41, 5.74) is 1.99. The molecule has 0 aliphatic heterocycles. The van der Waals surface area contributed by atoms with Crippen molar-refractivity contribution in [3.63, 3.8) is 0 Å². The lowest BCUT2D eigenvalue weighted by Gasteiger charge is -2.14. The van der Waals surface area contributed by atoms with Crippen molar-refractivity contribution in [3.8, 4) is 0 Å². The van der Waals surface area contributed by atoms with E-state index in [1.54, 1.807) is 16.0 Å². The van der Waals surface area contributed by atoms with E-state index >= 15 is 0 Å². The highest BCUT2D eigenvalue weighted by Gasteiger charge is 2.13. The number of aromatic nitrogens is 2. The first-order valence-corrected chi connectivity index (χ1v) is 7.51. The molecule has 108 valence electrons. The van der Waals surface area contributed by atoms with Gasteiger partial charge in [-0.05, 0) is 31.7 Å². The minimum absolute atomic E-state index is 0.0505. The lowest BCUT2D eigenvalue weighted by molar-refractivity contribution is 0.238. The summed E-state index contributed by atoms with van der Waals surface area (Å²) in [4.78, 5) is 13.1. The van der Waals surface area contributed by atoms with Crippen molar-refractivity contribution < 1.29 is 4.79 Å². The summed E-state index contributed by atoms with van der Waals surface area (Å²) < 4.78 is 1.76. The van der Waals surface area contributed by atoms with Gasteiger partial charge in [0, 0.05) is 30.2 Å². The Morgan fingerprint density at radius 2 is 2.35 bits per heavy atom. The van der Waals surface area contributed by atoms with E-state index in [9.17, 15) is 4.79 Å². The van der Waals surface area contributed by atoms with Crippen LogP contribution in [-0.2, 0) is 13.5 Å². The van der Waals surface area contributed by atoms with E-state index in [0.717, 1.165) is 17.7 Å². The fraction of sp³-hybridized carbons (Fsp3) is 0.429. The molecule has 2 rings (SSSR count). The predicted molar refractivity (Wildman–Crippen MR) is 80.9 cm³/mol. The Bertz CT molecular complexity index is 562. The van der Waals surface area contributed by atoms with Crippen LogP contribution in [0, 0.1) is 6.92 Å². The zero-order chi connectivity index (χ0) is 14.5. The third kappa shape index (κ3) is 3.84. The minimum atomic E-state index is -0.141. The third-order valence-electron chi connectivity index (χ3n) is 3.10. The van der Waals surface area contributed by atoms with Gasteiger partial charge in [0.2, 0.25) is 0 Å². The zero-order valence-corrected chi connectivity index (χ0v) is 12.8. The number of urea groups is 1. The SMILES string of the molecule is Cc1nn(C)cc1C(C)NC(=O)NCCc1cccs1. The summed E-state index contributed by atoms with van der Waals surface area (Å²) in [6.45, 7) is 4.55. The van der Waals surface area contributed by atoms with E-state index in [4.69, 9.17) is 0 Å². The molecule has 0 fully saturated rings. The summed E-state index contributed by atoms with van der Waals surface area (Å²) in [6.07, 6.45) is 2.80. The molecule has 6 heteroatoms. The Kier molecular flexibility index (Phi) is 4.79. The van der Waals surface area contributed by atoms with Gasteiger partial charge in [0.05, 0.1) is 11.7 Å². The number of amides is 2. The Hall–Kier alpha value is -1.82. The van der Waals surface area contributed by atoms with E-state index in [1.807, 2.05) is 38.5 Å². The maximum absolute atomic E-state index is 11.8. The number of carbonyl (C=O) groups is 1. The number of hydrogen-bond acceptors (Lipinski definition) is 3. The highest BCUT2D eigenvalue weighted by molar-refractivity contribution is 7.09. The fourth-order valence-corrected chi connectivity index (χ4v) is 2.83. The summed E-state index contributed by atoms with van der Waals surface area (Å²) >= 11 is 1.71. The van der Waals surface area contributed by atoms with Crippen LogP contribution in [0.1, 0.15) is 29.1 Å². The molecule has 5 nitrogen and oxygen atoms in total. The van der Waals surface area contributed by atoms with E-state index in [1.165, 1.54) is 4.88 Å². The van der Waals surface area contributed by atoms with Gasteiger partial charge in [-0.25, -0.2) is 4.79 Å². The highest BCUT2D eigenvalue weighted by atomic mass is 32.1. The standard InChI is InChI=1S/C14H20N4OS/c1-10(13-9-18(3)17-11(13)2)16-14(19)15-7-6-12-5-4-8-20-12/h4-5,8-10H,6-7H2,1-3H3,(H2,15,16,19). The molecule has 0 aliphatic carbocycles. The van der Waals surface area contributed by atoms with Gasteiger partial charge in [-0.3, -0.25) is 4.68 Å². The van der Waals surface area contributed by atoms with Crippen molar-refractivity contribution in [1.82, 2.24) is 20.4 Å². The summed E-state index contributed by atoms with van der Waals surface area (Å²) in [6, 6.07) is 3.90. The topological polar surface area (TPSA) is 59.0 Å². The first-order chi connectivity index (χ1) is 9.56. The predicted octanol–water partition coefficient (Wildman–Crippen LogP) is 2.39. The second-order valence-corrected chi connectivity index (χ2v) is 5.83. The average Bonchev–Trinajstić information content (AvgIpc) is 2.99. The summed E-state index contributed by atoms with van der Waals surface area (Å²) in [7, 11) is 1.88. The quantitative estimate of drug-likeness (QED) is 0.889. The first kappa shape index (κ1) is 14.6. The molecule has 2 N–H and O–H groups in total. The number of nitrogens with zero attached hydrogens (tertiary/aromatic N) is 2. The van der Waals surface area contributed by atoms with Crippen LogP contribution in [0.2, 0.25) is 0 Å². The van der Waals surface area contributed by atoms with Crippen LogP contribution in [0.5, 0.6) is 0 Å². The van der Waals surface area contributed by atoms with Crippen LogP contribution in [0.3, 0.4) is 0 Å². The molecule has 0 aromatic carbocycles. The Labute approximate surface area is 123 Å². The van der Waals surface area contributed by atoms with Crippen molar-refractivity contribution >= 4 is 17.4 Å². The van der Waals surface area contributed by atoms with Crippen LogP contribution in [-0.4, -0.2) is 22.4 Å². The number of nitrogens with one attached hydrogen (secondary N) is 2. The summed E-state index contributed by atoms with van der Waals surface area (Å²) in [5.74, 6) is 0.